The summed E-state index contributed by atoms with van der Waals surface area (Å²) in [5.41, 5.74) is 2.21. The van der Waals surface area contributed by atoms with Crippen molar-refractivity contribution in [2.75, 3.05) is 23.0 Å². The number of nitrogens with zero attached hydrogens (tertiary/aromatic N) is 1. The molecule has 0 aliphatic carbocycles. The fourth-order valence-electron chi connectivity index (χ4n) is 2.07. The molecule has 19 heavy (non-hydrogen) atoms. The minimum atomic E-state index is -0.813. The predicted molar refractivity (Wildman–Crippen MR) is 76.6 cm³/mol. The molecule has 0 bridgehead atoms. The zero-order chi connectivity index (χ0) is 13.8. The van der Waals surface area contributed by atoms with Crippen LogP contribution in [-0.2, 0) is 16.0 Å². The van der Waals surface area contributed by atoms with Crippen LogP contribution in [-0.4, -0.2) is 35.0 Å². The second-order valence-corrected chi connectivity index (χ2v) is 5.71. The molecule has 1 unspecified atom stereocenters. The Bertz CT molecular complexity index is 489. The van der Waals surface area contributed by atoms with Crippen LogP contribution >= 0.6 is 11.8 Å². The molecule has 1 aromatic carbocycles. The Kier molecular flexibility index (Phi) is 4.47. The van der Waals surface area contributed by atoms with Gasteiger partial charge in [0, 0.05) is 18.0 Å². The van der Waals surface area contributed by atoms with E-state index < -0.39 is 11.9 Å². The van der Waals surface area contributed by atoms with Crippen molar-refractivity contribution in [3.8, 4) is 0 Å². The molecular formula is C14H17NO3S. The summed E-state index contributed by atoms with van der Waals surface area (Å²) in [7, 11) is 0. The van der Waals surface area contributed by atoms with Crippen molar-refractivity contribution in [1.29, 1.82) is 0 Å². The third-order valence-corrected chi connectivity index (χ3v) is 4.39. The maximum absolute atomic E-state index is 12.1. The molecule has 0 radical (unpaired) electrons. The van der Waals surface area contributed by atoms with E-state index in [9.17, 15) is 9.59 Å². The molecule has 0 saturated heterocycles. The number of fused-ring (bicyclic) bond motifs is 1. The third kappa shape index (κ3) is 3.29. The van der Waals surface area contributed by atoms with Crippen LogP contribution in [0.3, 0.4) is 0 Å². The van der Waals surface area contributed by atoms with Gasteiger partial charge in [-0.05, 0) is 18.1 Å². The zero-order valence-corrected chi connectivity index (χ0v) is 11.7. The van der Waals surface area contributed by atoms with Gasteiger partial charge in [-0.3, -0.25) is 9.59 Å². The van der Waals surface area contributed by atoms with Gasteiger partial charge < -0.3 is 10.0 Å². The lowest BCUT2D eigenvalue weighted by molar-refractivity contribution is -0.140. The van der Waals surface area contributed by atoms with Crippen molar-refractivity contribution in [2.24, 2.45) is 5.92 Å². The number of benzene rings is 1. The van der Waals surface area contributed by atoms with E-state index in [0.717, 1.165) is 18.7 Å². The van der Waals surface area contributed by atoms with Crippen LogP contribution < -0.4 is 4.90 Å². The largest absolute Gasteiger partial charge is 0.481 e. The highest BCUT2D eigenvalue weighted by molar-refractivity contribution is 8.00. The Labute approximate surface area is 116 Å². The maximum atomic E-state index is 12.1. The van der Waals surface area contributed by atoms with Crippen molar-refractivity contribution in [1.82, 2.24) is 0 Å². The molecular weight excluding hydrogens is 262 g/mol. The molecule has 0 fully saturated rings. The van der Waals surface area contributed by atoms with Crippen LogP contribution in [0.4, 0.5) is 5.69 Å². The molecule has 0 spiro atoms. The molecule has 1 aromatic rings. The van der Waals surface area contributed by atoms with Gasteiger partial charge in [-0.1, -0.05) is 25.1 Å². The van der Waals surface area contributed by atoms with Crippen molar-refractivity contribution in [3.05, 3.63) is 29.8 Å². The molecule has 5 heteroatoms. The molecule has 1 aliphatic rings. The number of thioether (sulfide) groups is 1. The third-order valence-electron chi connectivity index (χ3n) is 3.20. The van der Waals surface area contributed by atoms with E-state index in [1.54, 1.807) is 11.8 Å². The number of amides is 1. The second kappa shape index (κ2) is 6.10. The molecule has 0 aromatic heterocycles. The fourth-order valence-corrected chi connectivity index (χ4v) is 3.01. The number of hydrogen-bond acceptors (Lipinski definition) is 3. The quantitative estimate of drug-likeness (QED) is 0.896. The topological polar surface area (TPSA) is 57.6 Å². The van der Waals surface area contributed by atoms with Crippen molar-refractivity contribution >= 4 is 29.3 Å². The summed E-state index contributed by atoms with van der Waals surface area (Å²) in [4.78, 5) is 24.6. The summed E-state index contributed by atoms with van der Waals surface area (Å²) in [6.45, 7) is 2.39. The van der Waals surface area contributed by atoms with Gasteiger partial charge in [0.15, 0.2) is 0 Å². The number of carboxylic acids is 1. The fraction of sp³-hybridized carbons (Fsp3) is 0.429. The van der Waals surface area contributed by atoms with Gasteiger partial charge in [-0.25, -0.2) is 0 Å². The van der Waals surface area contributed by atoms with Gasteiger partial charge >= 0.3 is 5.97 Å². The Morgan fingerprint density at radius 2 is 2.16 bits per heavy atom. The van der Waals surface area contributed by atoms with Crippen LogP contribution in [0.5, 0.6) is 0 Å². The van der Waals surface area contributed by atoms with Crippen LogP contribution in [0.25, 0.3) is 0 Å². The zero-order valence-electron chi connectivity index (χ0n) is 10.8. The molecule has 1 heterocycles. The number of anilines is 1. The predicted octanol–water partition coefficient (Wildman–Crippen LogP) is 2.03. The first-order valence-electron chi connectivity index (χ1n) is 6.28. The van der Waals surface area contributed by atoms with E-state index >= 15 is 0 Å². The Hall–Kier alpha value is -1.49. The normalized spacial score (nSPS) is 15.1. The average molecular weight is 279 g/mol. The van der Waals surface area contributed by atoms with E-state index in [1.807, 2.05) is 24.3 Å². The SMILES string of the molecule is CC(CSCC(=O)N1CCc2ccccc21)C(=O)O. The summed E-state index contributed by atoms with van der Waals surface area (Å²) in [6, 6.07) is 7.92. The lowest BCUT2D eigenvalue weighted by Gasteiger charge is -2.17. The van der Waals surface area contributed by atoms with Crippen LogP contribution in [0, 0.1) is 5.92 Å². The minimum Gasteiger partial charge on any atom is -0.481 e. The highest BCUT2D eigenvalue weighted by atomic mass is 32.2. The smallest absolute Gasteiger partial charge is 0.307 e. The maximum Gasteiger partial charge on any atom is 0.307 e. The first-order valence-corrected chi connectivity index (χ1v) is 7.44. The summed E-state index contributed by atoms with van der Waals surface area (Å²) < 4.78 is 0. The lowest BCUT2D eigenvalue weighted by Crippen LogP contribution is -2.30. The van der Waals surface area contributed by atoms with Gasteiger partial charge in [0.25, 0.3) is 0 Å². The molecule has 2 rings (SSSR count). The van der Waals surface area contributed by atoms with E-state index in [4.69, 9.17) is 5.11 Å². The number of carboxylic acid groups (broad SMARTS) is 1. The second-order valence-electron chi connectivity index (χ2n) is 4.68. The van der Waals surface area contributed by atoms with E-state index in [0.29, 0.717) is 11.5 Å². The summed E-state index contributed by atoms with van der Waals surface area (Å²) in [5.74, 6) is -0.356. The first-order chi connectivity index (χ1) is 9.09. The monoisotopic (exact) mass is 279 g/mol. The van der Waals surface area contributed by atoms with Crippen LogP contribution in [0.2, 0.25) is 0 Å². The van der Waals surface area contributed by atoms with Crippen LogP contribution in [0.15, 0.2) is 24.3 Å². The van der Waals surface area contributed by atoms with Crippen molar-refractivity contribution in [3.63, 3.8) is 0 Å². The summed E-state index contributed by atoms with van der Waals surface area (Å²) >= 11 is 1.39. The Morgan fingerprint density at radius 1 is 1.42 bits per heavy atom. The standard InChI is InChI=1S/C14H17NO3S/c1-10(14(17)18)8-19-9-13(16)15-7-6-11-4-2-3-5-12(11)15/h2-5,10H,6-9H2,1H3,(H,17,18). The van der Waals surface area contributed by atoms with Crippen molar-refractivity contribution < 1.29 is 14.7 Å². The average Bonchev–Trinajstić information content (AvgIpc) is 2.82. The Balaban J connectivity index is 1.87. The van der Waals surface area contributed by atoms with E-state index in [-0.39, 0.29) is 5.91 Å². The molecule has 102 valence electrons. The number of carbonyl (C=O) groups excluding carboxylic acids is 1. The molecule has 1 aliphatic heterocycles. The summed E-state index contributed by atoms with van der Waals surface area (Å²) in [6.07, 6.45) is 0.901. The molecule has 1 amide bonds. The number of aliphatic carboxylic acids is 1. The number of rotatable bonds is 5. The number of carbonyl (C=O) groups is 2. The van der Waals surface area contributed by atoms with Crippen LogP contribution in [0.1, 0.15) is 12.5 Å². The Morgan fingerprint density at radius 3 is 2.89 bits per heavy atom. The van der Waals surface area contributed by atoms with E-state index in [1.165, 1.54) is 17.3 Å². The minimum absolute atomic E-state index is 0.0625. The van der Waals surface area contributed by atoms with Gasteiger partial charge in [-0.2, -0.15) is 11.8 Å². The van der Waals surface area contributed by atoms with Gasteiger partial charge in [0.1, 0.15) is 0 Å². The number of hydrogen-bond donors (Lipinski definition) is 1. The molecule has 0 saturated carbocycles. The first kappa shape index (κ1) is 13.9. The highest BCUT2D eigenvalue weighted by Crippen LogP contribution is 2.28. The van der Waals surface area contributed by atoms with Crippen molar-refractivity contribution in [2.45, 2.75) is 13.3 Å². The van der Waals surface area contributed by atoms with E-state index in [2.05, 4.69) is 0 Å². The lowest BCUT2D eigenvalue weighted by atomic mass is 10.2. The highest BCUT2D eigenvalue weighted by Gasteiger charge is 2.24. The van der Waals surface area contributed by atoms with Gasteiger partial charge in [0.2, 0.25) is 5.91 Å². The van der Waals surface area contributed by atoms with Gasteiger partial charge in [-0.15, -0.1) is 0 Å². The molecule has 1 N–H and O–H groups in total. The number of para-hydroxylation sites is 1. The summed E-state index contributed by atoms with van der Waals surface area (Å²) in [5, 5.41) is 8.78. The van der Waals surface area contributed by atoms with Gasteiger partial charge in [0.05, 0.1) is 11.7 Å². The molecule has 4 nitrogen and oxygen atoms in total. The molecule has 1 atom stereocenters.